The summed E-state index contributed by atoms with van der Waals surface area (Å²) in [5.41, 5.74) is 0. The van der Waals surface area contributed by atoms with Crippen molar-refractivity contribution < 1.29 is 43.1 Å². The maximum Gasteiger partial charge on any atom is 0.471 e. The minimum absolute atomic E-state index is 0.755. The summed E-state index contributed by atoms with van der Waals surface area (Å²) in [6, 6.07) is -1.85. The van der Waals surface area contributed by atoms with Crippen LogP contribution < -0.4 is 5.32 Å². The topological polar surface area (TPSA) is 119 Å². The van der Waals surface area contributed by atoms with Crippen LogP contribution in [0.3, 0.4) is 0 Å². The summed E-state index contributed by atoms with van der Waals surface area (Å²) >= 11 is 0. The van der Waals surface area contributed by atoms with Gasteiger partial charge in [0.2, 0.25) is 0 Å². The summed E-state index contributed by atoms with van der Waals surface area (Å²) in [5, 5.41) is 38.1. The highest BCUT2D eigenvalue weighted by atomic mass is 19.4. The fourth-order valence-corrected chi connectivity index (χ4v) is 1.49. The van der Waals surface area contributed by atoms with Gasteiger partial charge >= 0.3 is 12.1 Å². The first-order valence-corrected chi connectivity index (χ1v) is 4.86. The van der Waals surface area contributed by atoms with Crippen LogP contribution in [0.5, 0.6) is 0 Å². The third-order valence-electron chi connectivity index (χ3n) is 2.46. The Balaban J connectivity index is 2.74. The molecule has 10 heteroatoms. The Morgan fingerprint density at radius 2 is 1.78 bits per heavy atom. The predicted molar refractivity (Wildman–Crippen MR) is 48.0 cm³/mol. The molecule has 0 radical (unpaired) electrons. The van der Waals surface area contributed by atoms with Gasteiger partial charge in [0.05, 0.1) is 6.61 Å². The van der Waals surface area contributed by atoms with Crippen molar-refractivity contribution in [2.45, 2.75) is 36.8 Å². The number of alkyl halides is 3. The van der Waals surface area contributed by atoms with Crippen LogP contribution in [0.1, 0.15) is 0 Å². The van der Waals surface area contributed by atoms with E-state index in [0.717, 1.165) is 0 Å². The van der Waals surface area contributed by atoms with Gasteiger partial charge in [-0.3, -0.25) is 4.79 Å². The molecule has 1 fully saturated rings. The van der Waals surface area contributed by atoms with E-state index in [9.17, 15) is 33.3 Å². The van der Waals surface area contributed by atoms with E-state index in [1.165, 1.54) is 5.32 Å². The summed E-state index contributed by atoms with van der Waals surface area (Å²) in [4.78, 5) is 10.6. The van der Waals surface area contributed by atoms with E-state index in [-0.39, 0.29) is 0 Å². The zero-order valence-electron chi connectivity index (χ0n) is 8.83. The molecule has 0 spiro atoms. The van der Waals surface area contributed by atoms with Gasteiger partial charge in [-0.05, 0) is 0 Å². The largest absolute Gasteiger partial charge is 0.471 e. The lowest BCUT2D eigenvalue weighted by molar-refractivity contribution is -0.256. The number of hydrogen-bond acceptors (Lipinski definition) is 6. The van der Waals surface area contributed by atoms with Crippen molar-refractivity contribution in [1.29, 1.82) is 0 Å². The Morgan fingerprint density at radius 1 is 1.22 bits per heavy atom. The Kier molecular flexibility index (Phi) is 4.50. The molecule has 7 nitrogen and oxygen atoms in total. The van der Waals surface area contributed by atoms with Crippen molar-refractivity contribution in [1.82, 2.24) is 5.32 Å². The lowest BCUT2D eigenvalue weighted by Crippen LogP contribution is -2.65. The Bertz CT molecular complexity index is 312. The lowest BCUT2D eigenvalue weighted by atomic mass is 9.97. The van der Waals surface area contributed by atoms with Gasteiger partial charge in [-0.15, -0.1) is 0 Å². The quantitative estimate of drug-likeness (QED) is 0.379. The van der Waals surface area contributed by atoms with E-state index in [0.29, 0.717) is 0 Å². The summed E-state index contributed by atoms with van der Waals surface area (Å²) < 4.78 is 40.5. The number of aliphatic hydroxyl groups is 4. The van der Waals surface area contributed by atoms with Gasteiger partial charge in [-0.1, -0.05) is 0 Å². The molecule has 1 saturated heterocycles. The normalized spacial score (nSPS) is 37.4. The Hall–Kier alpha value is -0.940. The average molecular weight is 275 g/mol. The molecular formula is C8H12F3NO6. The number of amides is 1. The monoisotopic (exact) mass is 275 g/mol. The predicted octanol–water partition coefficient (Wildman–Crippen LogP) is -2.54. The third kappa shape index (κ3) is 3.09. The number of carbonyl (C=O) groups is 1. The second-order valence-corrected chi connectivity index (χ2v) is 3.73. The summed E-state index contributed by atoms with van der Waals surface area (Å²) in [6.07, 6.45) is -12.2. The molecule has 1 aliphatic rings. The van der Waals surface area contributed by atoms with Crippen LogP contribution in [0.25, 0.3) is 0 Å². The van der Waals surface area contributed by atoms with Crippen LogP contribution >= 0.6 is 0 Å². The first-order chi connectivity index (χ1) is 8.18. The molecule has 1 amide bonds. The zero-order chi connectivity index (χ0) is 14.1. The van der Waals surface area contributed by atoms with Gasteiger partial charge in [-0.25, -0.2) is 0 Å². The maximum atomic E-state index is 12.0. The van der Waals surface area contributed by atoms with E-state index in [4.69, 9.17) is 5.11 Å². The van der Waals surface area contributed by atoms with Crippen LogP contribution in [-0.4, -0.2) is 69.8 Å². The van der Waals surface area contributed by atoms with Crippen LogP contribution in [0.4, 0.5) is 13.2 Å². The van der Waals surface area contributed by atoms with E-state index in [1.807, 2.05) is 0 Å². The highest BCUT2D eigenvalue weighted by molar-refractivity contribution is 5.82. The molecule has 0 bridgehead atoms. The van der Waals surface area contributed by atoms with Gasteiger partial charge < -0.3 is 30.5 Å². The number of rotatable bonds is 2. The molecule has 0 saturated carbocycles. The second-order valence-electron chi connectivity index (χ2n) is 3.73. The average Bonchev–Trinajstić information content (AvgIpc) is 2.27. The minimum Gasteiger partial charge on any atom is -0.394 e. The third-order valence-corrected chi connectivity index (χ3v) is 2.46. The maximum absolute atomic E-state index is 12.0. The molecule has 106 valence electrons. The number of aliphatic hydroxyl groups excluding tert-OH is 4. The Labute approximate surface area is 98.8 Å². The molecule has 5 N–H and O–H groups in total. The molecule has 0 aromatic heterocycles. The van der Waals surface area contributed by atoms with Gasteiger partial charge in [-0.2, -0.15) is 13.2 Å². The molecule has 3 unspecified atom stereocenters. The number of hydrogen-bond donors (Lipinski definition) is 5. The number of halogens is 3. The molecule has 18 heavy (non-hydrogen) atoms. The summed E-state index contributed by atoms with van der Waals surface area (Å²) in [5.74, 6) is -2.39. The Morgan fingerprint density at radius 3 is 2.22 bits per heavy atom. The number of nitrogens with one attached hydrogen (secondary N) is 1. The molecule has 1 aliphatic heterocycles. The molecule has 0 aromatic rings. The molecule has 0 aromatic carbocycles. The van der Waals surface area contributed by atoms with Crippen LogP contribution in [-0.2, 0) is 9.53 Å². The van der Waals surface area contributed by atoms with Gasteiger partial charge in [0.25, 0.3) is 0 Å². The van der Waals surface area contributed by atoms with Crippen molar-refractivity contribution >= 4 is 5.91 Å². The zero-order valence-corrected chi connectivity index (χ0v) is 8.83. The van der Waals surface area contributed by atoms with Crippen molar-refractivity contribution in [3.8, 4) is 0 Å². The van der Waals surface area contributed by atoms with E-state index in [1.54, 1.807) is 0 Å². The van der Waals surface area contributed by atoms with Crippen molar-refractivity contribution in [3.05, 3.63) is 0 Å². The molecule has 0 aliphatic carbocycles. The standard InChI is InChI=1S/C8H12F3NO6/c9-8(10,11)7(17)12-3-5(15)4(14)2(1-13)18-6(3)16/h2-6,13-16H,1H2,(H,12,17)/t2?,3?,4-,5?,6+/m0/s1. The number of carbonyl (C=O) groups excluding carboxylic acids is 1. The lowest BCUT2D eigenvalue weighted by Gasteiger charge is -2.40. The van der Waals surface area contributed by atoms with E-state index < -0.39 is 49.3 Å². The first kappa shape index (κ1) is 15.1. The van der Waals surface area contributed by atoms with Crippen molar-refractivity contribution in [2.24, 2.45) is 0 Å². The molecule has 1 heterocycles. The summed E-state index contributed by atoms with van der Waals surface area (Å²) in [7, 11) is 0. The fraction of sp³-hybridized carbons (Fsp3) is 0.875. The van der Waals surface area contributed by atoms with Crippen LogP contribution in [0.2, 0.25) is 0 Å². The smallest absolute Gasteiger partial charge is 0.394 e. The molecule has 5 atom stereocenters. The van der Waals surface area contributed by atoms with Crippen molar-refractivity contribution in [3.63, 3.8) is 0 Å². The molecule has 1 rings (SSSR count). The van der Waals surface area contributed by atoms with E-state index in [2.05, 4.69) is 4.74 Å². The van der Waals surface area contributed by atoms with Crippen LogP contribution in [0.15, 0.2) is 0 Å². The van der Waals surface area contributed by atoms with Gasteiger partial charge in [0.15, 0.2) is 6.29 Å². The SMILES string of the molecule is O=C(NC1C(O)[C@@H](O)C(CO)O[C@H]1O)C(F)(F)F. The fourth-order valence-electron chi connectivity index (χ4n) is 1.49. The second kappa shape index (κ2) is 5.36. The van der Waals surface area contributed by atoms with Crippen molar-refractivity contribution in [2.75, 3.05) is 6.61 Å². The summed E-state index contributed by atoms with van der Waals surface area (Å²) in [6.45, 7) is -0.755. The van der Waals surface area contributed by atoms with Crippen LogP contribution in [0, 0.1) is 0 Å². The highest BCUT2D eigenvalue weighted by Gasteiger charge is 2.48. The minimum atomic E-state index is -5.20. The first-order valence-electron chi connectivity index (χ1n) is 4.86. The van der Waals surface area contributed by atoms with Gasteiger partial charge in [0.1, 0.15) is 24.4 Å². The molecular weight excluding hydrogens is 263 g/mol. The van der Waals surface area contributed by atoms with Gasteiger partial charge in [0, 0.05) is 0 Å². The highest BCUT2D eigenvalue weighted by Crippen LogP contribution is 2.21. The van der Waals surface area contributed by atoms with E-state index >= 15 is 0 Å². The number of ether oxygens (including phenoxy) is 1.